The number of carboxylic acid groups (broad SMARTS) is 1. The molecular weight excluding hydrogens is 192 g/mol. The minimum Gasteiger partial charge on any atom is -0.477 e. The highest BCUT2D eigenvalue weighted by Crippen LogP contribution is 2.25. The van der Waals surface area contributed by atoms with Gasteiger partial charge in [0.1, 0.15) is 0 Å². The molecule has 0 bridgehead atoms. The Morgan fingerprint density at radius 3 is 1.23 bits per heavy atom. The summed E-state index contributed by atoms with van der Waals surface area (Å²) in [7, 11) is 0. The van der Waals surface area contributed by atoms with Crippen LogP contribution in [0.1, 0.15) is 0 Å². The second kappa shape index (κ2) is 2.85. The van der Waals surface area contributed by atoms with Crippen molar-refractivity contribution in [3.8, 4) is 0 Å². The van der Waals surface area contributed by atoms with Crippen molar-refractivity contribution in [2.75, 3.05) is 0 Å². The summed E-state index contributed by atoms with van der Waals surface area (Å²) in [5, 5.41) is 66.3. The first-order chi connectivity index (χ1) is 5.44. The fourth-order valence-corrected chi connectivity index (χ4v) is 0.383. The second-order valence-corrected chi connectivity index (χ2v) is 2.28. The maximum atomic E-state index is 9.96. The summed E-state index contributed by atoms with van der Waals surface area (Å²) in [4.78, 5) is 9.96. The number of hydrogen-bond donors (Lipinski definition) is 8. The van der Waals surface area contributed by atoms with Gasteiger partial charge in [-0.3, -0.25) is 0 Å². The van der Waals surface area contributed by atoms with Crippen molar-refractivity contribution in [1.82, 2.24) is 0 Å². The van der Waals surface area contributed by atoms with E-state index in [-0.39, 0.29) is 0 Å². The number of rotatable bonds is 3. The van der Waals surface area contributed by atoms with Gasteiger partial charge in [-0.2, -0.15) is 0 Å². The predicted octanol–water partition coefficient (Wildman–Crippen LogP) is -4.94. The quantitative estimate of drug-likeness (QED) is 0.207. The molecule has 0 aromatic heterocycles. The maximum absolute atomic E-state index is 9.96. The molecule has 0 fully saturated rings. The maximum Gasteiger partial charge on any atom is 0.370 e. The van der Waals surface area contributed by atoms with Crippen LogP contribution in [-0.2, 0) is 4.79 Å². The van der Waals surface area contributed by atoms with E-state index >= 15 is 0 Å². The molecule has 0 aliphatic heterocycles. The minimum atomic E-state index is -4.47. The van der Waals surface area contributed by atoms with Gasteiger partial charge in [0.05, 0.1) is 0 Å². The Morgan fingerprint density at radius 2 is 1.15 bits per heavy atom. The van der Waals surface area contributed by atoms with Crippen LogP contribution in [0.25, 0.3) is 0 Å². The van der Waals surface area contributed by atoms with Crippen molar-refractivity contribution in [1.29, 1.82) is 0 Å². The fourth-order valence-electron chi connectivity index (χ4n) is 0.383. The fraction of sp³-hybridized carbons (Fsp3) is 0.750. The van der Waals surface area contributed by atoms with Crippen molar-refractivity contribution < 1.29 is 45.6 Å². The normalized spacial score (nSPS) is 14.4. The number of carboxylic acids is 1. The first-order valence-electron chi connectivity index (χ1n) is 2.74. The van der Waals surface area contributed by atoms with E-state index in [0.717, 1.165) is 0 Å². The molecule has 0 aliphatic rings. The third kappa shape index (κ3) is 1.76. The first-order valence-corrected chi connectivity index (χ1v) is 2.74. The minimum absolute atomic E-state index is 2.60. The molecule has 0 spiro atoms. The van der Waals surface area contributed by atoms with Gasteiger partial charge < -0.3 is 40.9 Å². The van der Waals surface area contributed by atoms with Crippen LogP contribution < -0.4 is 0 Å². The van der Waals surface area contributed by atoms with E-state index in [9.17, 15) is 4.79 Å². The summed E-state index contributed by atoms with van der Waals surface area (Å²) < 4.78 is 0. The lowest BCUT2D eigenvalue weighted by molar-refractivity contribution is -0.499. The number of hydrogen-bond acceptors (Lipinski definition) is 8. The van der Waals surface area contributed by atoms with Crippen LogP contribution >= 0.6 is 0 Å². The lowest BCUT2D eigenvalue weighted by Gasteiger charge is -2.36. The average Bonchev–Trinajstić information content (AvgIpc) is 1.84. The van der Waals surface area contributed by atoms with E-state index in [0.29, 0.717) is 0 Å². The zero-order chi connectivity index (χ0) is 11.1. The molecule has 0 aromatic carbocycles. The Hall–Kier alpha value is -0.810. The van der Waals surface area contributed by atoms with Gasteiger partial charge in [0.25, 0.3) is 0 Å². The largest absolute Gasteiger partial charge is 0.477 e. The van der Waals surface area contributed by atoms with E-state index in [4.69, 9.17) is 40.9 Å². The van der Waals surface area contributed by atoms with E-state index in [1.165, 1.54) is 0 Å². The van der Waals surface area contributed by atoms with E-state index < -0.39 is 23.5 Å². The van der Waals surface area contributed by atoms with Gasteiger partial charge in [-0.1, -0.05) is 0 Å². The van der Waals surface area contributed by atoms with Crippen molar-refractivity contribution >= 4 is 5.97 Å². The third-order valence-electron chi connectivity index (χ3n) is 1.25. The highest BCUT2D eigenvalue weighted by molar-refractivity contribution is 5.76. The van der Waals surface area contributed by atoms with Gasteiger partial charge in [-0.25, -0.2) is 4.79 Å². The summed E-state index contributed by atoms with van der Waals surface area (Å²) in [5.74, 6) is -15.8. The topological polar surface area (TPSA) is 179 Å². The molecule has 0 unspecified atom stereocenters. The van der Waals surface area contributed by atoms with Gasteiger partial charge in [0, 0.05) is 0 Å². The van der Waals surface area contributed by atoms with Crippen LogP contribution in [0.15, 0.2) is 0 Å². The highest BCUT2D eigenvalue weighted by Gasteiger charge is 2.66. The van der Waals surface area contributed by atoms with Crippen LogP contribution in [0.4, 0.5) is 0 Å². The Kier molecular flexibility index (Phi) is 2.67. The zero-order valence-electron chi connectivity index (χ0n) is 5.99. The Bertz CT molecular complexity index is 210. The molecule has 0 radical (unpaired) electrons. The molecule has 0 atom stereocenters. The first kappa shape index (κ1) is 12.2. The predicted molar refractivity (Wildman–Crippen MR) is 31.4 cm³/mol. The number of aliphatic carboxylic acids is 1. The average molecular weight is 200 g/mol. The van der Waals surface area contributed by atoms with Crippen molar-refractivity contribution in [2.45, 2.75) is 17.5 Å². The van der Waals surface area contributed by atoms with Gasteiger partial charge in [-0.15, -0.1) is 0 Å². The van der Waals surface area contributed by atoms with Crippen LogP contribution in [0, 0.1) is 0 Å². The molecule has 0 heterocycles. The second-order valence-electron chi connectivity index (χ2n) is 2.28. The van der Waals surface area contributed by atoms with Gasteiger partial charge in [0.15, 0.2) is 0 Å². The van der Waals surface area contributed by atoms with E-state index in [2.05, 4.69) is 0 Å². The van der Waals surface area contributed by atoms with Crippen molar-refractivity contribution in [3.63, 3.8) is 0 Å². The molecule has 0 aromatic rings. The number of aliphatic hydroxyl groups is 7. The molecule has 8 N–H and O–H groups in total. The molecule has 0 saturated heterocycles. The smallest absolute Gasteiger partial charge is 0.370 e. The highest BCUT2D eigenvalue weighted by atomic mass is 16.7. The standard InChI is InChI=1S/C4H8O9/c5-1(6)2(7,8)3(9,10)4(11,12)13/h7-13H,(H,5,6). The monoisotopic (exact) mass is 200 g/mol. The van der Waals surface area contributed by atoms with Crippen LogP contribution in [0.2, 0.25) is 0 Å². The zero-order valence-corrected chi connectivity index (χ0v) is 5.99. The molecule has 0 aliphatic carbocycles. The summed E-state index contributed by atoms with van der Waals surface area (Å²) in [6.07, 6.45) is 0. The molecule has 9 nitrogen and oxygen atoms in total. The molecule has 0 saturated carbocycles. The Labute approximate surface area is 70.3 Å². The van der Waals surface area contributed by atoms with E-state index in [1.54, 1.807) is 0 Å². The van der Waals surface area contributed by atoms with Crippen LogP contribution in [-0.4, -0.2) is 64.4 Å². The van der Waals surface area contributed by atoms with Gasteiger partial charge in [0.2, 0.25) is 0 Å². The molecular formula is C4H8O9. The lowest BCUT2D eigenvalue weighted by atomic mass is 10.0. The number of carbonyl (C=O) groups is 1. The summed E-state index contributed by atoms with van der Waals surface area (Å²) in [5.41, 5.74) is 0. The Balaban J connectivity index is 5.16. The van der Waals surface area contributed by atoms with Crippen LogP contribution in [0.5, 0.6) is 0 Å². The summed E-state index contributed by atoms with van der Waals surface area (Å²) >= 11 is 0. The SMILES string of the molecule is O=C(O)C(O)(O)C(O)(O)C(O)(O)O. The van der Waals surface area contributed by atoms with Gasteiger partial charge >= 0.3 is 23.5 Å². The summed E-state index contributed by atoms with van der Waals surface area (Å²) in [6.45, 7) is 0. The molecule has 78 valence electrons. The molecule has 0 amide bonds. The van der Waals surface area contributed by atoms with Crippen LogP contribution in [0.3, 0.4) is 0 Å². The van der Waals surface area contributed by atoms with Crippen molar-refractivity contribution in [3.05, 3.63) is 0 Å². The van der Waals surface area contributed by atoms with E-state index in [1.807, 2.05) is 0 Å². The Morgan fingerprint density at radius 1 is 0.846 bits per heavy atom. The third-order valence-corrected chi connectivity index (χ3v) is 1.25. The molecule has 0 rings (SSSR count). The molecule has 13 heavy (non-hydrogen) atoms. The van der Waals surface area contributed by atoms with Gasteiger partial charge in [-0.05, 0) is 0 Å². The summed E-state index contributed by atoms with van der Waals surface area (Å²) in [6, 6.07) is 0. The van der Waals surface area contributed by atoms with Crippen molar-refractivity contribution in [2.24, 2.45) is 0 Å². The lowest BCUT2D eigenvalue weighted by Crippen LogP contribution is -2.71. The molecule has 9 heteroatoms.